The summed E-state index contributed by atoms with van der Waals surface area (Å²) in [5.41, 5.74) is -2.04. The van der Waals surface area contributed by atoms with Gasteiger partial charge in [0.05, 0.1) is 16.7 Å². The van der Waals surface area contributed by atoms with Crippen LogP contribution in [0, 0.1) is 0 Å². The standard InChI is InChI=1S/C20H16ClF6NO/c21-16-7-5-11-8-12(4-6-15(11)16)17-10-18(29-28-17,20(25,26)27)13-2-1-3-14(9-13)19(22,23)24/h3-4,6,8-9,16H,1-2,5,7,10H2. The predicted molar refractivity (Wildman–Crippen MR) is 95.8 cm³/mol. The minimum Gasteiger partial charge on any atom is -0.374 e. The Bertz CT molecular complexity index is 930. The smallest absolute Gasteiger partial charge is 0.374 e. The number of hydrogen-bond donors (Lipinski definition) is 0. The van der Waals surface area contributed by atoms with Crippen molar-refractivity contribution in [1.82, 2.24) is 0 Å². The fourth-order valence-electron chi connectivity index (χ4n) is 4.06. The van der Waals surface area contributed by atoms with Gasteiger partial charge >= 0.3 is 12.4 Å². The van der Waals surface area contributed by atoms with Gasteiger partial charge in [-0.1, -0.05) is 23.4 Å². The highest BCUT2D eigenvalue weighted by Gasteiger charge is 2.63. The summed E-state index contributed by atoms with van der Waals surface area (Å²) in [5, 5.41) is 3.53. The van der Waals surface area contributed by atoms with Crippen LogP contribution < -0.4 is 0 Å². The highest BCUT2D eigenvalue weighted by atomic mass is 35.5. The molecule has 0 saturated carbocycles. The molecule has 0 spiro atoms. The van der Waals surface area contributed by atoms with Crippen LogP contribution in [0.3, 0.4) is 0 Å². The van der Waals surface area contributed by atoms with E-state index in [4.69, 9.17) is 16.4 Å². The van der Waals surface area contributed by atoms with Gasteiger partial charge in [-0.05, 0) is 60.1 Å². The first-order valence-electron chi connectivity index (χ1n) is 9.09. The number of halogens is 7. The molecule has 2 unspecified atom stereocenters. The molecule has 0 amide bonds. The topological polar surface area (TPSA) is 21.6 Å². The Morgan fingerprint density at radius 3 is 2.55 bits per heavy atom. The molecule has 0 radical (unpaired) electrons. The largest absolute Gasteiger partial charge is 0.435 e. The van der Waals surface area contributed by atoms with Crippen molar-refractivity contribution >= 4 is 17.3 Å². The van der Waals surface area contributed by atoms with Crippen LogP contribution in [-0.2, 0) is 11.3 Å². The fraction of sp³-hybridized carbons (Fsp3) is 0.450. The lowest BCUT2D eigenvalue weighted by Crippen LogP contribution is -2.47. The Labute approximate surface area is 167 Å². The van der Waals surface area contributed by atoms with Gasteiger partial charge in [0.15, 0.2) is 0 Å². The average molecular weight is 436 g/mol. The van der Waals surface area contributed by atoms with Crippen LogP contribution in [0.15, 0.2) is 46.7 Å². The van der Waals surface area contributed by atoms with Crippen molar-refractivity contribution in [1.29, 1.82) is 0 Å². The molecule has 2 atom stereocenters. The molecule has 1 heterocycles. The second kappa shape index (κ2) is 6.79. The number of aryl methyl sites for hydroxylation is 1. The molecule has 3 aliphatic rings. The summed E-state index contributed by atoms with van der Waals surface area (Å²) in [6.45, 7) is 0. The van der Waals surface area contributed by atoms with Crippen LogP contribution >= 0.6 is 11.6 Å². The van der Waals surface area contributed by atoms with Crippen molar-refractivity contribution in [3.05, 3.63) is 58.2 Å². The lowest BCUT2D eigenvalue weighted by Gasteiger charge is -2.33. The molecule has 0 N–H and O–H groups in total. The normalized spacial score (nSPS) is 27.1. The monoisotopic (exact) mass is 435 g/mol. The summed E-state index contributed by atoms with van der Waals surface area (Å²) in [6.07, 6.45) is -7.74. The number of allylic oxidation sites excluding steroid dienone is 3. The van der Waals surface area contributed by atoms with Crippen LogP contribution in [0.25, 0.3) is 0 Å². The summed E-state index contributed by atoms with van der Waals surface area (Å²) in [5.74, 6) is 0. The molecule has 0 fully saturated rings. The molecule has 1 aliphatic heterocycles. The van der Waals surface area contributed by atoms with Gasteiger partial charge in [0.1, 0.15) is 0 Å². The number of benzene rings is 1. The predicted octanol–water partition coefficient (Wildman–Crippen LogP) is 6.55. The molecule has 0 aromatic heterocycles. The van der Waals surface area contributed by atoms with E-state index in [0.717, 1.165) is 23.6 Å². The number of nitrogens with zero attached hydrogens (tertiary/aromatic N) is 1. The summed E-state index contributed by atoms with van der Waals surface area (Å²) < 4.78 is 81.2. The number of alkyl halides is 7. The third kappa shape index (κ3) is 3.45. The van der Waals surface area contributed by atoms with E-state index in [1.54, 1.807) is 18.2 Å². The second-order valence-electron chi connectivity index (χ2n) is 7.42. The zero-order valence-corrected chi connectivity index (χ0v) is 15.8. The van der Waals surface area contributed by atoms with Crippen LogP contribution in [-0.4, -0.2) is 23.7 Å². The molecule has 29 heavy (non-hydrogen) atoms. The Morgan fingerprint density at radius 2 is 1.86 bits per heavy atom. The average Bonchev–Trinajstić information content (AvgIpc) is 3.26. The Hall–Kier alpha value is -1.96. The minimum atomic E-state index is -4.92. The summed E-state index contributed by atoms with van der Waals surface area (Å²) in [4.78, 5) is 4.89. The van der Waals surface area contributed by atoms with Crippen molar-refractivity contribution in [2.45, 2.75) is 55.4 Å². The molecular weight excluding hydrogens is 420 g/mol. The van der Waals surface area contributed by atoms with E-state index in [1.807, 2.05) is 0 Å². The molecule has 2 aliphatic carbocycles. The van der Waals surface area contributed by atoms with Gasteiger partial charge in [-0.3, -0.25) is 0 Å². The van der Waals surface area contributed by atoms with E-state index >= 15 is 0 Å². The van der Waals surface area contributed by atoms with Gasteiger partial charge in [0.25, 0.3) is 5.60 Å². The van der Waals surface area contributed by atoms with E-state index < -0.39 is 35.5 Å². The Kier molecular flexibility index (Phi) is 4.76. The van der Waals surface area contributed by atoms with Crippen LogP contribution in [0.2, 0.25) is 0 Å². The summed E-state index contributed by atoms with van der Waals surface area (Å²) >= 11 is 6.20. The molecule has 4 rings (SSSR count). The van der Waals surface area contributed by atoms with E-state index in [0.29, 0.717) is 18.1 Å². The molecule has 1 aromatic rings. The van der Waals surface area contributed by atoms with Gasteiger partial charge in [-0.2, -0.15) is 26.3 Å². The van der Waals surface area contributed by atoms with Crippen molar-refractivity contribution in [3.8, 4) is 0 Å². The SMILES string of the molecule is FC(F)(F)C1=CCCC(C2(C(F)(F)F)CC(c3ccc4c(c3)CCC4Cl)=NO2)=C1. The first-order chi connectivity index (χ1) is 13.5. The summed E-state index contributed by atoms with van der Waals surface area (Å²) in [6, 6.07) is 5.13. The van der Waals surface area contributed by atoms with E-state index in [-0.39, 0.29) is 23.9 Å². The maximum absolute atomic E-state index is 14.0. The van der Waals surface area contributed by atoms with Gasteiger partial charge in [0, 0.05) is 6.42 Å². The van der Waals surface area contributed by atoms with Gasteiger partial charge < -0.3 is 4.84 Å². The number of rotatable bonds is 2. The Balaban J connectivity index is 1.68. The first-order valence-corrected chi connectivity index (χ1v) is 9.52. The van der Waals surface area contributed by atoms with Crippen molar-refractivity contribution < 1.29 is 31.2 Å². The second-order valence-corrected chi connectivity index (χ2v) is 7.94. The lowest BCUT2D eigenvalue weighted by atomic mass is 9.81. The van der Waals surface area contributed by atoms with Gasteiger partial charge in [-0.15, -0.1) is 11.6 Å². The van der Waals surface area contributed by atoms with Crippen molar-refractivity contribution in [2.24, 2.45) is 5.16 Å². The number of oxime groups is 1. The van der Waals surface area contributed by atoms with E-state index in [2.05, 4.69) is 5.16 Å². The maximum Gasteiger partial charge on any atom is 0.435 e. The molecule has 0 saturated heterocycles. The third-order valence-corrected chi connectivity index (χ3v) is 6.07. The number of fused-ring (bicyclic) bond motifs is 1. The molecular formula is C20H16ClF6NO. The lowest BCUT2D eigenvalue weighted by molar-refractivity contribution is -0.254. The molecule has 156 valence electrons. The maximum atomic E-state index is 14.0. The number of hydrogen-bond acceptors (Lipinski definition) is 2. The molecule has 1 aromatic carbocycles. The zero-order chi connectivity index (χ0) is 21.0. The van der Waals surface area contributed by atoms with Gasteiger partial charge in [0.2, 0.25) is 0 Å². The Morgan fingerprint density at radius 1 is 1.10 bits per heavy atom. The molecule has 9 heteroatoms. The van der Waals surface area contributed by atoms with Crippen LogP contribution in [0.5, 0.6) is 0 Å². The quantitative estimate of drug-likeness (QED) is 0.381. The van der Waals surface area contributed by atoms with E-state index in [1.165, 1.54) is 0 Å². The zero-order valence-electron chi connectivity index (χ0n) is 15.0. The van der Waals surface area contributed by atoms with Crippen molar-refractivity contribution in [2.75, 3.05) is 0 Å². The summed E-state index contributed by atoms with van der Waals surface area (Å²) in [7, 11) is 0. The highest BCUT2D eigenvalue weighted by molar-refractivity contribution is 6.21. The third-order valence-electron chi connectivity index (χ3n) is 5.62. The fourth-order valence-corrected chi connectivity index (χ4v) is 4.38. The van der Waals surface area contributed by atoms with Gasteiger partial charge in [-0.25, -0.2) is 0 Å². The van der Waals surface area contributed by atoms with Crippen LogP contribution in [0.4, 0.5) is 26.3 Å². The minimum absolute atomic E-state index is 0.0622. The van der Waals surface area contributed by atoms with Crippen molar-refractivity contribution in [3.63, 3.8) is 0 Å². The molecule has 0 bridgehead atoms. The van der Waals surface area contributed by atoms with E-state index in [9.17, 15) is 26.3 Å². The van der Waals surface area contributed by atoms with Crippen LogP contribution in [0.1, 0.15) is 47.8 Å². The molecule has 2 nitrogen and oxygen atoms in total. The highest BCUT2D eigenvalue weighted by Crippen LogP contribution is 2.50. The first kappa shape index (κ1) is 20.3.